The molecule has 0 radical (unpaired) electrons. The number of anilines is 1. The third-order valence-corrected chi connectivity index (χ3v) is 3.14. The van der Waals surface area contributed by atoms with E-state index in [0.29, 0.717) is 18.0 Å². The molecule has 0 atom stereocenters. The van der Waals surface area contributed by atoms with Gasteiger partial charge in [0, 0.05) is 18.2 Å². The molecule has 2 rings (SSSR count). The molecule has 1 aromatic carbocycles. The van der Waals surface area contributed by atoms with Gasteiger partial charge in [0.1, 0.15) is 0 Å². The highest BCUT2D eigenvalue weighted by atomic mass is 16.4. The lowest BCUT2D eigenvalue weighted by atomic mass is 10.1. The number of aliphatic carboxylic acids is 1. The van der Waals surface area contributed by atoms with Gasteiger partial charge in [0.15, 0.2) is 0 Å². The third kappa shape index (κ3) is 4.25. The van der Waals surface area contributed by atoms with E-state index in [9.17, 15) is 9.59 Å². The number of carbonyl (C=O) groups is 2. The van der Waals surface area contributed by atoms with Gasteiger partial charge in [0.2, 0.25) is 5.91 Å². The van der Waals surface area contributed by atoms with Crippen molar-refractivity contribution >= 4 is 23.6 Å². The first-order valence-electron chi connectivity index (χ1n) is 6.36. The van der Waals surface area contributed by atoms with E-state index in [0.717, 1.165) is 30.0 Å². The molecular weight excluding hydrogens is 242 g/mol. The van der Waals surface area contributed by atoms with E-state index in [-0.39, 0.29) is 5.91 Å². The number of hydrogen-bond donors (Lipinski definition) is 2. The van der Waals surface area contributed by atoms with Gasteiger partial charge in [-0.05, 0) is 55.0 Å². The fourth-order valence-electron chi connectivity index (χ4n) is 1.86. The van der Waals surface area contributed by atoms with E-state index in [1.54, 1.807) is 6.07 Å². The molecule has 100 valence electrons. The van der Waals surface area contributed by atoms with Crippen molar-refractivity contribution in [2.45, 2.75) is 26.2 Å². The van der Waals surface area contributed by atoms with E-state index in [1.807, 2.05) is 19.1 Å². The van der Waals surface area contributed by atoms with Crippen molar-refractivity contribution in [1.29, 1.82) is 0 Å². The maximum atomic E-state index is 11.7. The van der Waals surface area contributed by atoms with Crippen molar-refractivity contribution in [3.63, 3.8) is 0 Å². The highest BCUT2D eigenvalue weighted by Gasteiger charge is 2.24. The molecule has 0 aromatic heterocycles. The van der Waals surface area contributed by atoms with Crippen molar-refractivity contribution in [3.8, 4) is 0 Å². The Morgan fingerprint density at radius 3 is 2.79 bits per heavy atom. The molecule has 1 fully saturated rings. The number of nitrogens with one attached hydrogen (secondary N) is 1. The van der Waals surface area contributed by atoms with Gasteiger partial charge in [-0.2, -0.15) is 0 Å². The van der Waals surface area contributed by atoms with Crippen molar-refractivity contribution in [3.05, 3.63) is 35.4 Å². The minimum absolute atomic E-state index is 0.0273. The summed E-state index contributed by atoms with van der Waals surface area (Å²) in [6.45, 7) is 1.90. The summed E-state index contributed by atoms with van der Waals surface area (Å²) < 4.78 is 0. The molecule has 1 saturated carbocycles. The fraction of sp³-hybridized carbons (Fsp3) is 0.333. The minimum atomic E-state index is -0.984. The summed E-state index contributed by atoms with van der Waals surface area (Å²) in [5.74, 6) is -0.404. The Morgan fingerprint density at radius 2 is 2.16 bits per heavy atom. The van der Waals surface area contributed by atoms with E-state index < -0.39 is 5.97 Å². The molecule has 0 aliphatic heterocycles. The summed E-state index contributed by atoms with van der Waals surface area (Å²) >= 11 is 0. The molecule has 1 amide bonds. The van der Waals surface area contributed by atoms with E-state index in [2.05, 4.69) is 5.32 Å². The summed E-state index contributed by atoms with van der Waals surface area (Å²) in [4.78, 5) is 22.2. The Morgan fingerprint density at radius 1 is 1.42 bits per heavy atom. The number of rotatable bonds is 5. The van der Waals surface area contributed by atoms with E-state index in [1.165, 1.54) is 6.08 Å². The highest BCUT2D eigenvalue weighted by Crippen LogP contribution is 2.32. The van der Waals surface area contributed by atoms with Crippen molar-refractivity contribution < 1.29 is 14.7 Å². The molecular formula is C15H17NO3. The van der Waals surface area contributed by atoms with Crippen LogP contribution in [-0.4, -0.2) is 17.0 Å². The molecule has 4 heteroatoms. The Labute approximate surface area is 112 Å². The van der Waals surface area contributed by atoms with Gasteiger partial charge < -0.3 is 10.4 Å². The van der Waals surface area contributed by atoms with Gasteiger partial charge in [-0.25, -0.2) is 4.79 Å². The molecule has 19 heavy (non-hydrogen) atoms. The predicted molar refractivity (Wildman–Crippen MR) is 73.8 cm³/mol. The molecule has 1 aromatic rings. The van der Waals surface area contributed by atoms with Crippen LogP contribution in [-0.2, 0) is 9.59 Å². The van der Waals surface area contributed by atoms with Gasteiger partial charge >= 0.3 is 5.97 Å². The van der Waals surface area contributed by atoms with Crippen molar-refractivity contribution in [2.75, 3.05) is 5.32 Å². The standard InChI is InChI=1S/C15H17NO3/c1-10-2-6-13(9-12(10)5-7-15(18)19)16-14(17)8-11-3-4-11/h2,5-7,9,11H,3-4,8H2,1H3,(H,16,17)(H,18,19)/b7-5+. The van der Waals surface area contributed by atoms with E-state index >= 15 is 0 Å². The molecule has 0 unspecified atom stereocenters. The van der Waals surface area contributed by atoms with Crippen LogP contribution >= 0.6 is 0 Å². The highest BCUT2D eigenvalue weighted by molar-refractivity contribution is 5.92. The summed E-state index contributed by atoms with van der Waals surface area (Å²) in [5, 5.41) is 11.5. The number of hydrogen-bond acceptors (Lipinski definition) is 2. The lowest BCUT2D eigenvalue weighted by Gasteiger charge is -2.07. The quantitative estimate of drug-likeness (QED) is 0.799. The molecule has 1 aliphatic carbocycles. The lowest BCUT2D eigenvalue weighted by Crippen LogP contribution is -2.12. The van der Waals surface area contributed by atoms with Crippen LogP contribution in [0.15, 0.2) is 24.3 Å². The molecule has 0 heterocycles. The van der Waals surface area contributed by atoms with Gasteiger partial charge in [0.05, 0.1) is 0 Å². The van der Waals surface area contributed by atoms with Crippen LogP contribution in [0.5, 0.6) is 0 Å². The second-order valence-electron chi connectivity index (χ2n) is 4.94. The Hall–Kier alpha value is -2.10. The van der Waals surface area contributed by atoms with Gasteiger partial charge in [0.25, 0.3) is 0 Å². The summed E-state index contributed by atoms with van der Waals surface area (Å²) in [7, 11) is 0. The van der Waals surface area contributed by atoms with Crippen LogP contribution in [0.25, 0.3) is 6.08 Å². The van der Waals surface area contributed by atoms with Crippen LogP contribution in [0.4, 0.5) is 5.69 Å². The number of benzene rings is 1. The van der Waals surface area contributed by atoms with Crippen LogP contribution in [0.1, 0.15) is 30.4 Å². The number of aryl methyl sites for hydroxylation is 1. The van der Waals surface area contributed by atoms with Gasteiger partial charge in [-0.1, -0.05) is 6.07 Å². The summed E-state index contributed by atoms with van der Waals surface area (Å²) in [6, 6.07) is 5.49. The average Bonchev–Trinajstić information content (AvgIpc) is 3.13. The van der Waals surface area contributed by atoms with Crippen LogP contribution < -0.4 is 5.32 Å². The van der Waals surface area contributed by atoms with Gasteiger partial charge in [-0.15, -0.1) is 0 Å². The first-order chi connectivity index (χ1) is 9.04. The predicted octanol–water partition coefficient (Wildman–Crippen LogP) is 2.83. The molecule has 0 bridgehead atoms. The summed E-state index contributed by atoms with van der Waals surface area (Å²) in [5.41, 5.74) is 2.48. The van der Waals surface area contributed by atoms with E-state index in [4.69, 9.17) is 5.11 Å². The second kappa shape index (κ2) is 5.69. The Kier molecular flexibility index (Phi) is 4.00. The minimum Gasteiger partial charge on any atom is -0.478 e. The SMILES string of the molecule is Cc1ccc(NC(=O)CC2CC2)cc1/C=C/C(=O)O. The first kappa shape index (κ1) is 13.3. The molecule has 0 saturated heterocycles. The lowest BCUT2D eigenvalue weighted by molar-refractivity contribution is -0.131. The molecule has 0 spiro atoms. The average molecular weight is 259 g/mol. The normalized spacial score (nSPS) is 14.6. The number of carboxylic acids is 1. The zero-order chi connectivity index (χ0) is 13.8. The maximum Gasteiger partial charge on any atom is 0.328 e. The van der Waals surface area contributed by atoms with Gasteiger partial charge in [-0.3, -0.25) is 4.79 Å². The summed E-state index contributed by atoms with van der Waals surface area (Å²) in [6.07, 6.45) is 5.50. The Bertz CT molecular complexity index is 530. The zero-order valence-electron chi connectivity index (χ0n) is 10.8. The first-order valence-corrected chi connectivity index (χ1v) is 6.36. The topological polar surface area (TPSA) is 66.4 Å². The smallest absolute Gasteiger partial charge is 0.328 e. The second-order valence-corrected chi connectivity index (χ2v) is 4.94. The van der Waals surface area contributed by atoms with Crippen molar-refractivity contribution in [1.82, 2.24) is 0 Å². The fourth-order valence-corrected chi connectivity index (χ4v) is 1.86. The monoisotopic (exact) mass is 259 g/mol. The third-order valence-electron chi connectivity index (χ3n) is 3.14. The molecule has 1 aliphatic rings. The van der Waals surface area contributed by atoms with Crippen molar-refractivity contribution in [2.24, 2.45) is 5.92 Å². The molecule has 2 N–H and O–H groups in total. The number of carboxylic acid groups (broad SMARTS) is 1. The Balaban J connectivity index is 2.06. The van der Waals surface area contributed by atoms with Crippen LogP contribution in [0, 0.1) is 12.8 Å². The number of amides is 1. The zero-order valence-corrected chi connectivity index (χ0v) is 10.8. The maximum absolute atomic E-state index is 11.7. The van der Waals surface area contributed by atoms with Crippen LogP contribution in [0.2, 0.25) is 0 Å². The number of carbonyl (C=O) groups excluding carboxylic acids is 1. The largest absolute Gasteiger partial charge is 0.478 e. The molecule has 4 nitrogen and oxygen atoms in total. The van der Waals surface area contributed by atoms with Crippen LogP contribution in [0.3, 0.4) is 0 Å².